The minimum atomic E-state index is -0.254. The second-order valence-corrected chi connectivity index (χ2v) is 4.67. The van der Waals surface area contributed by atoms with Gasteiger partial charge in [-0.25, -0.2) is 0 Å². The number of halogens is 1. The van der Waals surface area contributed by atoms with Crippen molar-refractivity contribution >= 4 is 22.6 Å². The number of benzene rings is 1. The molecular weight excluding hydrogens is 307 g/mol. The van der Waals surface area contributed by atoms with Crippen LogP contribution in [0.1, 0.15) is 18.6 Å². The van der Waals surface area contributed by atoms with Gasteiger partial charge in [-0.1, -0.05) is 18.2 Å². The summed E-state index contributed by atoms with van der Waals surface area (Å²) in [6, 6.07) is 7.99. The van der Waals surface area contributed by atoms with Crippen molar-refractivity contribution in [3.63, 3.8) is 0 Å². The Hall–Kier alpha value is -0.170. The van der Waals surface area contributed by atoms with E-state index in [0.29, 0.717) is 0 Å². The smallest absolute Gasteiger partial charge is 0.156 e. The van der Waals surface area contributed by atoms with Gasteiger partial charge in [-0.05, 0) is 41.1 Å². The fraction of sp³-hybridized carbons (Fsp3) is 0.455. The molecule has 15 heavy (non-hydrogen) atoms. The molecule has 1 aliphatic rings. The van der Waals surface area contributed by atoms with Gasteiger partial charge in [-0.2, -0.15) is 0 Å². The van der Waals surface area contributed by atoms with Crippen LogP contribution in [0.4, 0.5) is 0 Å². The number of rotatable bonds is 2. The molecule has 82 valence electrons. The molecule has 1 fully saturated rings. The van der Waals surface area contributed by atoms with Crippen molar-refractivity contribution < 1.29 is 14.6 Å². The van der Waals surface area contributed by atoms with Gasteiger partial charge < -0.3 is 14.6 Å². The lowest BCUT2D eigenvalue weighted by atomic mass is 10.1. The molecule has 3 nitrogen and oxygen atoms in total. The Bertz CT molecular complexity index is 342. The van der Waals surface area contributed by atoms with Gasteiger partial charge in [0.15, 0.2) is 6.29 Å². The second kappa shape index (κ2) is 4.78. The van der Waals surface area contributed by atoms with Crippen LogP contribution in [0.25, 0.3) is 0 Å². The molecule has 4 heteroatoms. The van der Waals surface area contributed by atoms with Gasteiger partial charge in [-0.3, -0.25) is 0 Å². The predicted octanol–water partition coefficient (Wildman–Crippen LogP) is 2.09. The highest BCUT2D eigenvalue weighted by molar-refractivity contribution is 14.1. The first kappa shape index (κ1) is 11.3. The largest absolute Gasteiger partial charge is 0.394 e. The fourth-order valence-corrected chi connectivity index (χ4v) is 2.46. The maximum Gasteiger partial charge on any atom is 0.156 e. The average Bonchev–Trinajstić information content (AvgIpc) is 2.60. The molecule has 0 amide bonds. The molecule has 2 rings (SSSR count). The minimum absolute atomic E-state index is 0.0139. The molecule has 0 aliphatic carbocycles. The summed E-state index contributed by atoms with van der Waals surface area (Å²) < 4.78 is 12.2. The van der Waals surface area contributed by atoms with E-state index in [2.05, 4.69) is 22.6 Å². The molecule has 1 heterocycles. The molecule has 1 aliphatic heterocycles. The van der Waals surface area contributed by atoms with E-state index in [1.165, 1.54) is 0 Å². The summed E-state index contributed by atoms with van der Waals surface area (Å²) in [4.78, 5) is 0. The van der Waals surface area contributed by atoms with E-state index in [1.54, 1.807) is 0 Å². The number of aliphatic hydroxyl groups is 1. The molecule has 0 aromatic heterocycles. The molecule has 0 radical (unpaired) electrons. The number of hydrogen-bond acceptors (Lipinski definition) is 3. The highest BCUT2D eigenvalue weighted by atomic mass is 127. The quantitative estimate of drug-likeness (QED) is 0.848. The van der Waals surface area contributed by atoms with Crippen LogP contribution in [0.3, 0.4) is 0 Å². The number of ether oxygens (including phenoxy) is 2. The lowest BCUT2D eigenvalue weighted by Gasteiger charge is -2.16. The first-order valence-corrected chi connectivity index (χ1v) is 5.96. The first-order chi connectivity index (χ1) is 7.22. The summed E-state index contributed by atoms with van der Waals surface area (Å²) in [5, 5.41) is 9.20. The topological polar surface area (TPSA) is 38.7 Å². The summed E-state index contributed by atoms with van der Waals surface area (Å²) in [6.45, 7) is 1.83. The highest BCUT2D eigenvalue weighted by Gasteiger charge is 2.35. The molecule has 1 aromatic rings. The van der Waals surface area contributed by atoms with Gasteiger partial charge in [0.1, 0.15) is 12.2 Å². The third kappa shape index (κ3) is 2.33. The zero-order chi connectivity index (χ0) is 10.8. The lowest BCUT2D eigenvalue weighted by molar-refractivity contribution is -0.0564. The molecule has 1 aromatic carbocycles. The molecule has 0 saturated carbocycles. The maximum absolute atomic E-state index is 9.20. The Morgan fingerprint density at radius 1 is 1.33 bits per heavy atom. The molecule has 1 N–H and O–H groups in total. The van der Waals surface area contributed by atoms with E-state index < -0.39 is 0 Å². The minimum Gasteiger partial charge on any atom is -0.394 e. The van der Waals surface area contributed by atoms with Gasteiger partial charge in [0, 0.05) is 3.57 Å². The lowest BCUT2D eigenvalue weighted by Crippen LogP contribution is -2.20. The first-order valence-electron chi connectivity index (χ1n) is 4.88. The maximum atomic E-state index is 9.20. The van der Waals surface area contributed by atoms with Gasteiger partial charge in [0.05, 0.1) is 6.61 Å². The van der Waals surface area contributed by atoms with E-state index in [9.17, 15) is 5.11 Å². The molecule has 0 spiro atoms. The summed E-state index contributed by atoms with van der Waals surface area (Å²) in [6.07, 6.45) is -0.655. The van der Waals surface area contributed by atoms with Crippen LogP contribution < -0.4 is 0 Å². The van der Waals surface area contributed by atoms with E-state index in [4.69, 9.17) is 9.47 Å². The Labute approximate surface area is 103 Å². The molecule has 1 saturated heterocycles. The van der Waals surface area contributed by atoms with E-state index >= 15 is 0 Å². The Morgan fingerprint density at radius 2 is 2.07 bits per heavy atom. The number of aliphatic hydroxyl groups excluding tert-OH is 1. The van der Waals surface area contributed by atoms with Crippen LogP contribution in [0.5, 0.6) is 0 Å². The van der Waals surface area contributed by atoms with Crippen molar-refractivity contribution in [3.8, 4) is 0 Å². The Morgan fingerprint density at radius 3 is 2.73 bits per heavy atom. The van der Waals surface area contributed by atoms with Gasteiger partial charge in [0.25, 0.3) is 0 Å². The van der Waals surface area contributed by atoms with Crippen molar-refractivity contribution in [3.05, 3.63) is 33.4 Å². The molecule has 3 atom stereocenters. The van der Waals surface area contributed by atoms with Gasteiger partial charge in [0.2, 0.25) is 0 Å². The van der Waals surface area contributed by atoms with Crippen LogP contribution in [0, 0.1) is 3.57 Å². The molecule has 0 bridgehead atoms. The Kier molecular flexibility index (Phi) is 3.60. The van der Waals surface area contributed by atoms with Crippen molar-refractivity contribution in [1.82, 2.24) is 0 Å². The molecular formula is C11H13IO3. The van der Waals surface area contributed by atoms with Gasteiger partial charge >= 0.3 is 0 Å². The monoisotopic (exact) mass is 320 g/mol. The second-order valence-electron chi connectivity index (χ2n) is 3.50. The van der Waals surface area contributed by atoms with Crippen molar-refractivity contribution in [2.75, 3.05) is 6.61 Å². The van der Waals surface area contributed by atoms with Crippen LogP contribution in [-0.4, -0.2) is 24.1 Å². The van der Waals surface area contributed by atoms with E-state index in [-0.39, 0.29) is 25.1 Å². The van der Waals surface area contributed by atoms with E-state index in [1.807, 2.05) is 31.2 Å². The number of hydrogen-bond donors (Lipinski definition) is 1. The van der Waals surface area contributed by atoms with Crippen LogP contribution >= 0.6 is 22.6 Å². The van der Waals surface area contributed by atoms with E-state index in [0.717, 1.165) is 9.13 Å². The molecule has 0 unspecified atom stereocenters. The normalized spacial score (nSPS) is 30.7. The third-order valence-corrected chi connectivity index (χ3v) is 3.42. The van der Waals surface area contributed by atoms with Crippen LogP contribution in [-0.2, 0) is 9.47 Å². The highest BCUT2D eigenvalue weighted by Crippen LogP contribution is 2.34. The van der Waals surface area contributed by atoms with Crippen LogP contribution in [0.15, 0.2) is 24.3 Å². The predicted molar refractivity (Wildman–Crippen MR) is 64.4 cm³/mol. The summed E-state index contributed by atoms with van der Waals surface area (Å²) in [5.41, 5.74) is 1.08. The zero-order valence-corrected chi connectivity index (χ0v) is 10.5. The summed E-state index contributed by atoms with van der Waals surface area (Å²) in [7, 11) is 0. The summed E-state index contributed by atoms with van der Waals surface area (Å²) in [5.74, 6) is 0. The standard InChI is InChI=1S/C11H13IO3/c1-7-14-10(6-13)11(15-7)8-4-2-3-5-9(8)12/h2-5,7,10-11,13H,6H2,1H3/t7-,10+,11+/m1/s1. The van der Waals surface area contributed by atoms with Crippen molar-refractivity contribution in [2.24, 2.45) is 0 Å². The zero-order valence-electron chi connectivity index (χ0n) is 8.39. The summed E-state index contributed by atoms with van der Waals surface area (Å²) >= 11 is 2.27. The van der Waals surface area contributed by atoms with Crippen molar-refractivity contribution in [2.45, 2.75) is 25.4 Å². The average molecular weight is 320 g/mol. The Balaban J connectivity index is 2.26. The SMILES string of the molecule is C[C@@H]1O[C@@H](CO)[C@H](c2ccccc2I)O1. The fourth-order valence-electron chi connectivity index (χ4n) is 1.76. The van der Waals surface area contributed by atoms with Gasteiger partial charge in [-0.15, -0.1) is 0 Å². The van der Waals surface area contributed by atoms with Crippen LogP contribution in [0.2, 0.25) is 0 Å². The third-order valence-electron chi connectivity index (χ3n) is 2.43. The van der Waals surface area contributed by atoms with Crippen molar-refractivity contribution in [1.29, 1.82) is 0 Å².